The largest absolute Gasteiger partial charge is 0.422 e. The Balaban J connectivity index is 1.80. The van der Waals surface area contributed by atoms with Gasteiger partial charge in [-0.25, -0.2) is 9.59 Å². The number of carbonyl (C=O) groups is 5. The van der Waals surface area contributed by atoms with Crippen molar-refractivity contribution in [1.29, 1.82) is 0 Å². The first-order chi connectivity index (χ1) is 16.8. The van der Waals surface area contributed by atoms with Gasteiger partial charge in [-0.05, 0) is 44.9 Å². The zero-order valence-corrected chi connectivity index (χ0v) is 20.1. The molecule has 1 saturated carbocycles. The Bertz CT molecular complexity index is 763. The fraction of sp³-hybridized carbons (Fsp3) is 0.682. The maximum absolute atomic E-state index is 12.9. The predicted octanol–water partition coefficient (Wildman–Crippen LogP) is 0.538. The summed E-state index contributed by atoms with van der Waals surface area (Å²) in [5, 5.41) is 8.06. The molecule has 0 aromatic heterocycles. The third-order valence-electron chi connectivity index (χ3n) is 5.66. The van der Waals surface area contributed by atoms with Crippen LogP contribution in [0.1, 0.15) is 44.9 Å². The molecule has 1 unspecified atom stereocenters. The van der Waals surface area contributed by atoms with Gasteiger partial charge in [0.1, 0.15) is 6.04 Å². The zero-order valence-electron chi connectivity index (χ0n) is 20.1. The fourth-order valence-corrected chi connectivity index (χ4v) is 3.94. The van der Waals surface area contributed by atoms with Crippen molar-refractivity contribution in [2.24, 2.45) is 0 Å². The van der Waals surface area contributed by atoms with Crippen LogP contribution in [0.4, 0.5) is 9.59 Å². The molecule has 0 spiro atoms. The lowest BCUT2D eigenvalue weighted by Gasteiger charge is -2.34. The van der Waals surface area contributed by atoms with Gasteiger partial charge in [0.2, 0.25) is 5.91 Å². The number of methoxy groups -OCH3 is 2. The number of alkyl carbamates (subject to hydrolysis) is 2. The lowest BCUT2D eigenvalue weighted by molar-refractivity contribution is -0.140. The van der Waals surface area contributed by atoms with Crippen LogP contribution < -0.4 is 16.0 Å². The molecular formula is C22H34N4O9. The molecule has 35 heavy (non-hydrogen) atoms. The molecule has 13 nitrogen and oxygen atoms in total. The number of nitrogens with zero attached hydrogens (tertiary/aromatic N) is 1. The molecule has 0 aromatic carbocycles. The monoisotopic (exact) mass is 498 g/mol. The van der Waals surface area contributed by atoms with Crippen molar-refractivity contribution in [3.05, 3.63) is 12.2 Å². The molecule has 0 radical (unpaired) electrons. The molecule has 1 heterocycles. The van der Waals surface area contributed by atoms with E-state index in [9.17, 15) is 24.0 Å². The first-order valence-corrected chi connectivity index (χ1v) is 11.5. The third kappa shape index (κ3) is 9.53. The van der Waals surface area contributed by atoms with Crippen LogP contribution in [0.15, 0.2) is 12.2 Å². The summed E-state index contributed by atoms with van der Waals surface area (Å²) in [7, 11) is 2.78. The molecule has 2 aliphatic rings. The molecule has 3 N–H and O–H groups in total. The average Bonchev–Trinajstić information content (AvgIpc) is 3.18. The Morgan fingerprint density at radius 1 is 0.943 bits per heavy atom. The highest BCUT2D eigenvalue weighted by Crippen LogP contribution is 2.25. The van der Waals surface area contributed by atoms with Crippen LogP contribution in [0.2, 0.25) is 0 Å². The topological polar surface area (TPSA) is 162 Å². The number of imide groups is 1. The van der Waals surface area contributed by atoms with Crippen molar-refractivity contribution in [1.82, 2.24) is 20.9 Å². The van der Waals surface area contributed by atoms with Gasteiger partial charge in [-0.2, -0.15) is 0 Å². The summed E-state index contributed by atoms with van der Waals surface area (Å²) in [5.41, 5.74) is 0. The van der Waals surface area contributed by atoms with Gasteiger partial charge in [-0.1, -0.05) is 0 Å². The summed E-state index contributed by atoms with van der Waals surface area (Å²) in [6.45, 7) is -0.0661. The number of hydrogen-bond acceptors (Lipinski definition) is 9. The van der Waals surface area contributed by atoms with Crippen LogP contribution in [0.3, 0.4) is 0 Å². The zero-order chi connectivity index (χ0) is 25.6. The number of hydrogen-bond donors (Lipinski definition) is 3. The maximum atomic E-state index is 12.9. The highest BCUT2D eigenvalue weighted by atomic mass is 16.7. The van der Waals surface area contributed by atoms with Crippen molar-refractivity contribution in [3.63, 3.8) is 0 Å². The second-order valence-electron chi connectivity index (χ2n) is 8.19. The quantitative estimate of drug-likeness (QED) is 0.187. The predicted molar refractivity (Wildman–Crippen MR) is 121 cm³/mol. The molecular weight excluding hydrogens is 464 g/mol. The normalized spacial score (nSPS) is 20.3. The molecule has 0 aromatic rings. The lowest BCUT2D eigenvalue weighted by atomic mass is 9.90. The molecule has 1 aliphatic heterocycles. The average molecular weight is 499 g/mol. The summed E-state index contributed by atoms with van der Waals surface area (Å²) in [6.07, 6.45) is 4.93. The standard InChI is InChI=1S/C22H34N4O9/c1-32-13-34-21(30)23-12-4-3-5-17(25-22(31)35-14-33-2)20(29)24-15-6-8-16(9-7-15)26-18(27)10-11-19(26)28/h10-11,15-17H,3-9,12-14H2,1-2H3,(H,23,30)(H,24,29)(H,25,31)/t15-,16-,17?. The van der Waals surface area contributed by atoms with Gasteiger partial charge in [-0.15, -0.1) is 0 Å². The molecule has 196 valence electrons. The van der Waals surface area contributed by atoms with E-state index in [1.807, 2.05) is 0 Å². The van der Waals surface area contributed by atoms with E-state index in [4.69, 9.17) is 14.2 Å². The smallest absolute Gasteiger partial charge is 0.409 e. The summed E-state index contributed by atoms with van der Waals surface area (Å²) < 4.78 is 18.9. The molecule has 1 fully saturated rings. The van der Waals surface area contributed by atoms with Gasteiger partial charge in [0, 0.05) is 45.0 Å². The molecule has 0 saturated heterocycles. The first kappa shape index (κ1) is 28.1. The van der Waals surface area contributed by atoms with E-state index >= 15 is 0 Å². The van der Waals surface area contributed by atoms with Gasteiger partial charge < -0.3 is 34.9 Å². The highest BCUT2D eigenvalue weighted by molar-refractivity contribution is 6.13. The first-order valence-electron chi connectivity index (χ1n) is 11.5. The van der Waals surface area contributed by atoms with E-state index < -0.39 is 18.2 Å². The maximum Gasteiger partial charge on any atom is 0.409 e. The van der Waals surface area contributed by atoms with Crippen LogP contribution >= 0.6 is 0 Å². The second kappa shape index (κ2) is 14.9. The molecule has 13 heteroatoms. The van der Waals surface area contributed by atoms with Crippen LogP contribution in [0, 0.1) is 0 Å². The number of nitrogens with one attached hydrogen (secondary N) is 3. The Hall–Kier alpha value is -3.19. The van der Waals surface area contributed by atoms with Gasteiger partial charge in [0.05, 0.1) is 0 Å². The number of amides is 5. The van der Waals surface area contributed by atoms with Gasteiger partial charge in [0.25, 0.3) is 11.8 Å². The van der Waals surface area contributed by atoms with E-state index in [0.29, 0.717) is 51.5 Å². The minimum atomic E-state index is -0.844. The number of rotatable bonds is 13. The van der Waals surface area contributed by atoms with E-state index in [-0.39, 0.29) is 43.4 Å². The summed E-state index contributed by atoms with van der Waals surface area (Å²) in [5.74, 6) is -0.962. The molecule has 2 rings (SSSR count). The van der Waals surface area contributed by atoms with Crippen LogP contribution in [-0.4, -0.2) is 87.3 Å². The minimum absolute atomic E-state index is 0.143. The van der Waals surface area contributed by atoms with Crippen molar-refractivity contribution in [2.45, 2.75) is 63.1 Å². The van der Waals surface area contributed by atoms with Crippen molar-refractivity contribution in [2.75, 3.05) is 34.4 Å². The van der Waals surface area contributed by atoms with Gasteiger partial charge in [-0.3, -0.25) is 19.3 Å². The van der Waals surface area contributed by atoms with Crippen LogP contribution in [0.25, 0.3) is 0 Å². The Morgan fingerprint density at radius 2 is 1.54 bits per heavy atom. The highest BCUT2D eigenvalue weighted by Gasteiger charge is 2.35. The van der Waals surface area contributed by atoms with Gasteiger partial charge >= 0.3 is 12.2 Å². The SMILES string of the molecule is COCOC(=O)NCCCCC(NC(=O)OCOC)C(=O)N[C@H]1CC[C@H](N2C(=O)C=CC2=O)CC1. The van der Waals surface area contributed by atoms with Crippen LogP contribution in [0.5, 0.6) is 0 Å². The van der Waals surface area contributed by atoms with E-state index in [0.717, 1.165) is 0 Å². The molecule has 5 amide bonds. The summed E-state index contributed by atoms with van der Waals surface area (Å²) in [4.78, 5) is 61.4. The van der Waals surface area contributed by atoms with Gasteiger partial charge in [0.15, 0.2) is 13.6 Å². The molecule has 1 atom stereocenters. The Morgan fingerprint density at radius 3 is 2.14 bits per heavy atom. The molecule has 0 bridgehead atoms. The second-order valence-corrected chi connectivity index (χ2v) is 8.19. The Labute approximate surface area is 203 Å². The van der Waals surface area contributed by atoms with E-state index in [2.05, 4.69) is 20.7 Å². The van der Waals surface area contributed by atoms with Crippen molar-refractivity contribution in [3.8, 4) is 0 Å². The fourth-order valence-electron chi connectivity index (χ4n) is 3.94. The summed E-state index contributed by atoms with van der Waals surface area (Å²) in [6, 6.07) is -1.17. The number of carbonyl (C=O) groups excluding carboxylic acids is 5. The lowest BCUT2D eigenvalue weighted by Crippen LogP contribution is -2.52. The minimum Gasteiger partial charge on any atom is -0.422 e. The van der Waals surface area contributed by atoms with Crippen molar-refractivity contribution >= 4 is 29.9 Å². The summed E-state index contributed by atoms with van der Waals surface area (Å²) >= 11 is 0. The van der Waals surface area contributed by atoms with Crippen molar-refractivity contribution < 1.29 is 42.9 Å². The molecule has 1 aliphatic carbocycles. The number of ether oxygens (including phenoxy) is 4. The van der Waals surface area contributed by atoms with Crippen LogP contribution in [-0.2, 0) is 33.3 Å². The third-order valence-corrected chi connectivity index (χ3v) is 5.66. The number of unbranched alkanes of at least 4 members (excludes halogenated alkanes) is 1. The Kier molecular flexibility index (Phi) is 12.0. The van der Waals surface area contributed by atoms with E-state index in [1.54, 1.807) is 0 Å². The van der Waals surface area contributed by atoms with E-state index in [1.165, 1.54) is 31.3 Å².